The molecule has 0 aromatic carbocycles. The van der Waals surface area contributed by atoms with E-state index >= 15 is 0 Å². The summed E-state index contributed by atoms with van der Waals surface area (Å²) in [4.78, 5) is 11.4. The maximum atomic E-state index is 11.4. The molecule has 2 fully saturated rings. The Balaban J connectivity index is 2.05. The van der Waals surface area contributed by atoms with Gasteiger partial charge in [-0.1, -0.05) is 0 Å². The summed E-state index contributed by atoms with van der Waals surface area (Å²) in [6.07, 6.45) is 3.13. The first-order valence-corrected chi connectivity index (χ1v) is 4.36. The molecule has 2 aliphatic rings. The summed E-state index contributed by atoms with van der Waals surface area (Å²) in [5.74, 6) is 1.39. The molecule has 2 N–H and O–H groups in total. The molecule has 2 unspecified atom stereocenters. The van der Waals surface area contributed by atoms with Gasteiger partial charge < -0.3 is 0 Å². The lowest BCUT2D eigenvalue weighted by Gasteiger charge is -2.34. The Labute approximate surface area is 66.5 Å². The van der Waals surface area contributed by atoms with Gasteiger partial charge in [-0.25, -0.2) is 0 Å². The van der Waals surface area contributed by atoms with Crippen LogP contribution in [-0.4, -0.2) is 18.9 Å². The van der Waals surface area contributed by atoms with E-state index in [4.69, 9.17) is 0 Å². The van der Waals surface area contributed by atoms with Crippen molar-refractivity contribution >= 4 is 5.78 Å². The van der Waals surface area contributed by atoms with Gasteiger partial charge in [0.15, 0.2) is 0 Å². The first-order chi connectivity index (χ1) is 5.38. The van der Waals surface area contributed by atoms with Crippen molar-refractivity contribution < 1.29 is 4.79 Å². The van der Waals surface area contributed by atoms with E-state index in [1.807, 2.05) is 0 Å². The van der Waals surface area contributed by atoms with E-state index in [-0.39, 0.29) is 0 Å². The van der Waals surface area contributed by atoms with Gasteiger partial charge in [-0.2, -0.15) is 0 Å². The molecule has 2 rings (SSSR count). The summed E-state index contributed by atoms with van der Waals surface area (Å²) in [5.41, 5.74) is 6.15. The average molecular weight is 154 g/mol. The van der Waals surface area contributed by atoms with Crippen LogP contribution in [0.3, 0.4) is 0 Å². The van der Waals surface area contributed by atoms with Crippen LogP contribution in [0.25, 0.3) is 0 Å². The van der Waals surface area contributed by atoms with Crippen molar-refractivity contribution in [3.05, 3.63) is 0 Å². The van der Waals surface area contributed by atoms with Gasteiger partial charge in [0.25, 0.3) is 0 Å². The lowest BCUT2D eigenvalue weighted by molar-refractivity contribution is -0.127. The first kappa shape index (κ1) is 7.25. The van der Waals surface area contributed by atoms with Gasteiger partial charge in [-0.15, -0.1) is 0 Å². The molecular formula is C8H14N2O. The third-order valence-electron chi connectivity index (χ3n) is 2.79. The molecular weight excluding hydrogens is 140 g/mol. The van der Waals surface area contributed by atoms with Crippen molar-refractivity contribution in [2.45, 2.75) is 19.3 Å². The third kappa shape index (κ3) is 1.30. The SMILES string of the molecule is O=C1CCCC2CNNCC12. The highest BCUT2D eigenvalue weighted by Gasteiger charge is 2.33. The van der Waals surface area contributed by atoms with Gasteiger partial charge in [-0.3, -0.25) is 15.6 Å². The Bertz CT molecular complexity index is 167. The molecule has 0 bridgehead atoms. The van der Waals surface area contributed by atoms with Crippen LogP contribution in [0.5, 0.6) is 0 Å². The zero-order chi connectivity index (χ0) is 7.68. The Morgan fingerprint density at radius 2 is 2.09 bits per heavy atom. The number of rotatable bonds is 0. The van der Waals surface area contributed by atoms with Gasteiger partial charge in [0.2, 0.25) is 0 Å². The minimum Gasteiger partial charge on any atom is -0.299 e. The normalized spacial score (nSPS) is 38.4. The van der Waals surface area contributed by atoms with Gasteiger partial charge in [0.05, 0.1) is 0 Å². The Kier molecular flexibility index (Phi) is 1.92. The fourth-order valence-corrected chi connectivity index (χ4v) is 2.10. The van der Waals surface area contributed by atoms with E-state index < -0.39 is 0 Å². The lowest BCUT2D eigenvalue weighted by Crippen LogP contribution is -2.52. The summed E-state index contributed by atoms with van der Waals surface area (Å²) in [6.45, 7) is 1.81. The molecule has 11 heavy (non-hydrogen) atoms. The van der Waals surface area contributed by atoms with Crippen molar-refractivity contribution in [2.24, 2.45) is 11.8 Å². The average Bonchev–Trinajstić information content (AvgIpc) is 2.06. The monoisotopic (exact) mass is 154 g/mol. The molecule has 3 nitrogen and oxygen atoms in total. The summed E-state index contributed by atoms with van der Waals surface area (Å²) in [7, 11) is 0. The highest BCUT2D eigenvalue weighted by Crippen LogP contribution is 2.27. The number of ketones is 1. The quantitative estimate of drug-likeness (QED) is 0.519. The molecule has 1 saturated heterocycles. The zero-order valence-corrected chi connectivity index (χ0v) is 6.60. The molecule has 0 radical (unpaired) electrons. The number of hydrazine groups is 1. The van der Waals surface area contributed by atoms with Gasteiger partial charge in [0, 0.05) is 25.4 Å². The van der Waals surface area contributed by atoms with Crippen molar-refractivity contribution in [3.8, 4) is 0 Å². The van der Waals surface area contributed by atoms with Crippen LogP contribution in [-0.2, 0) is 4.79 Å². The number of fused-ring (bicyclic) bond motifs is 1. The number of hydrogen-bond acceptors (Lipinski definition) is 3. The van der Waals surface area contributed by atoms with Crippen molar-refractivity contribution in [1.29, 1.82) is 0 Å². The first-order valence-electron chi connectivity index (χ1n) is 4.36. The second-order valence-electron chi connectivity index (χ2n) is 3.49. The van der Waals surface area contributed by atoms with E-state index in [0.29, 0.717) is 17.6 Å². The van der Waals surface area contributed by atoms with E-state index in [9.17, 15) is 4.79 Å². The van der Waals surface area contributed by atoms with E-state index in [0.717, 1.165) is 25.9 Å². The number of hydrogen-bond donors (Lipinski definition) is 2. The van der Waals surface area contributed by atoms with Crippen LogP contribution in [0.15, 0.2) is 0 Å². The van der Waals surface area contributed by atoms with E-state index in [1.165, 1.54) is 6.42 Å². The van der Waals surface area contributed by atoms with Crippen LogP contribution in [0, 0.1) is 11.8 Å². The highest BCUT2D eigenvalue weighted by molar-refractivity contribution is 5.82. The van der Waals surface area contributed by atoms with Gasteiger partial charge in [-0.05, 0) is 18.8 Å². The summed E-state index contributed by atoms with van der Waals surface area (Å²) in [5, 5.41) is 0. The lowest BCUT2D eigenvalue weighted by atomic mass is 9.77. The van der Waals surface area contributed by atoms with Crippen molar-refractivity contribution in [1.82, 2.24) is 10.9 Å². The highest BCUT2D eigenvalue weighted by atomic mass is 16.1. The van der Waals surface area contributed by atoms with E-state index in [2.05, 4.69) is 10.9 Å². The molecule has 0 aromatic heterocycles. The van der Waals surface area contributed by atoms with Crippen LogP contribution >= 0.6 is 0 Å². The molecule has 1 aliphatic carbocycles. The Hall–Kier alpha value is -0.410. The van der Waals surface area contributed by atoms with Gasteiger partial charge >= 0.3 is 0 Å². The fraction of sp³-hybridized carbons (Fsp3) is 0.875. The van der Waals surface area contributed by atoms with Crippen LogP contribution in [0.1, 0.15) is 19.3 Å². The van der Waals surface area contributed by atoms with Gasteiger partial charge in [0.1, 0.15) is 5.78 Å². The maximum absolute atomic E-state index is 11.4. The molecule has 1 saturated carbocycles. The molecule has 62 valence electrons. The minimum atomic E-state index is 0.310. The summed E-state index contributed by atoms with van der Waals surface area (Å²) < 4.78 is 0. The van der Waals surface area contributed by atoms with Crippen molar-refractivity contribution in [3.63, 3.8) is 0 Å². The minimum absolute atomic E-state index is 0.310. The predicted molar refractivity (Wildman–Crippen MR) is 41.8 cm³/mol. The Morgan fingerprint density at radius 1 is 1.27 bits per heavy atom. The van der Waals surface area contributed by atoms with Crippen LogP contribution in [0.4, 0.5) is 0 Å². The molecule has 0 spiro atoms. The largest absolute Gasteiger partial charge is 0.299 e. The fourth-order valence-electron chi connectivity index (χ4n) is 2.10. The predicted octanol–water partition coefficient (Wildman–Crippen LogP) is 0.0796. The van der Waals surface area contributed by atoms with Crippen LogP contribution < -0.4 is 10.9 Å². The molecule has 1 heterocycles. The molecule has 2 atom stereocenters. The third-order valence-corrected chi connectivity index (χ3v) is 2.79. The summed E-state index contributed by atoms with van der Waals surface area (Å²) >= 11 is 0. The molecule has 0 amide bonds. The molecule has 0 aromatic rings. The maximum Gasteiger partial charge on any atom is 0.137 e. The summed E-state index contributed by atoms with van der Waals surface area (Å²) in [6, 6.07) is 0. The van der Waals surface area contributed by atoms with Crippen molar-refractivity contribution in [2.75, 3.05) is 13.1 Å². The second kappa shape index (κ2) is 2.91. The number of carbonyl (C=O) groups is 1. The number of carbonyl (C=O) groups excluding carboxylic acids is 1. The number of Topliss-reactive ketones (excluding diaryl/α,β-unsaturated/α-hetero) is 1. The second-order valence-corrected chi connectivity index (χ2v) is 3.49. The topological polar surface area (TPSA) is 41.1 Å². The Morgan fingerprint density at radius 3 is 2.91 bits per heavy atom. The molecule has 3 heteroatoms. The smallest absolute Gasteiger partial charge is 0.137 e. The van der Waals surface area contributed by atoms with E-state index in [1.54, 1.807) is 0 Å². The van der Waals surface area contributed by atoms with Crippen LogP contribution in [0.2, 0.25) is 0 Å². The zero-order valence-electron chi connectivity index (χ0n) is 6.60. The molecule has 1 aliphatic heterocycles. The standard InChI is InChI=1S/C8H14N2O/c11-8-3-1-2-6-4-9-10-5-7(6)8/h6-7,9-10H,1-5H2. The number of nitrogens with one attached hydrogen (secondary N) is 2.